The summed E-state index contributed by atoms with van der Waals surface area (Å²) in [6.07, 6.45) is 0. The summed E-state index contributed by atoms with van der Waals surface area (Å²) in [5.41, 5.74) is 7.60. The Bertz CT molecular complexity index is 479. The van der Waals surface area contributed by atoms with Crippen molar-refractivity contribution >= 4 is 34.5 Å². The van der Waals surface area contributed by atoms with Gasteiger partial charge in [-0.3, -0.25) is 0 Å². The van der Waals surface area contributed by atoms with Crippen molar-refractivity contribution in [2.24, 2.45) is 5.73 Å². The van der Waals surface area contributed by atoms with Crippen LogP contribution in [0.15, 0.2) is 29.6 Å². The number of hydrogen-bond donors (Lipinski definition) is 1. The lowest BCUT2D eigenvalue weighted by Crippen LogP contribution is -1.91. The van der Waals surface area contributed by atoms with Gasteiger partial charge in [-0.2, -0.15) is 0 Å². The van der Waals surface area contributed by atoms with Gasteiger partial charge in [0, 0.05) is 17.0 Å². The molecule has 1 aromatic carbocycles. The number of thiophene rings is 1. The molecule has 0 unspecified atom stereocenters. The van der Waals surface area contributed by atoms with Crippen LogP contribution >= 0.6 is 34.5 Å². The minimum atomic E-state index is 0.558. The first kappa shape index (κ1) is 11.0. The largest absolute Gasteiger partial charge is 0.326 e. The van der Waals surface area contributed by atoms with E-state index in [1.54, 1.807) is 17.4 Å². The highest BCUT2D eigenvalue weighted by Gasteiger charge is 2.08. The predicted molar refractivity (Wildman–Crippen MR) is 67.7 cm³/mol. The third kappa shape index (κ3) is 2.18. The van der Waals surface area contributed by atoms with Gasteiger partial charge in [-0.15, -0.1) is 11.3 Å². The second kappa shape index (κ2) is 4.54. The Morgan fingerprint density at radius 2 is 2.07 bits per heavy atom. The van der Waals surface area contributed by atoms with Crippen molar-refractivity contribution in [2.75, 3.05) is 0 Å². The number of benzene rings is 1. The zero-order chi connectivity index (χ0) is 10.8. The minimum Gasteiger partial charge on any atom is -0.326 e. The van der Waals surface area contributed by atoms with Crippen molar-refractivity contribution < 1.29 is 0 Å². The third-order valence-corrected chi connectivity index (χ3v) is 3.90. The van der Waals surface area contributed by atoms with E-state index in [0.717, 1.165) is 16.0 Å². The highest BCUT2D eigenvalue weighted by atomic mass is 35.5. The molecule has 15 heavy (non-hydrogen) atoms. The first-order valence-electron chi connectivity index (χ1n) is 4.44. The highest BCUT2D eigenvalue weighted by Crippen LogP contribution is 2.35. The van der Waals surface area contributed by atoms with Crippen LogP contribution < -0.4 is 5.73 Å². The third-order valence-electron chi connectivity index (χ3n) is 2.12. The van der Waals surface area contributed by atoms with Crippen molar-refractivity contribution in [2.45, 2.75) is 6.54 Å². The van der Waals surface area contributed by atoms with Crippen LogP contribution in [0, 0.1) is 0 Å². The van der Waals surface area contributed by atoms with E-state index in [-0.39, 0.29) is 0 Å². The lowest BCUT2D eigenvalue weighted by atomic mass is 10.1. The van der Waals surface area contributed by atoms with Gasteiger partial charge in [0.1, 0.15) is 0 Å². The monoisotopic (exact) mass is 257 g/mol. The second-order valence-electron chi connectivity index (χ2n) is 3.11. The minimum absolute atomic E-state index is 0.558. The van der Waals surface area contributed by atoms with Crippen LogP contribution in [0.1, 0.15) is 4.88 Å². The fourth-order valence-electron chi connectivity index (χ4n) is 1.36. The van der Waals surface area contributed by atoms with Crippen LogP contribution in [0.25, 0.3) is 11.1 Å². The second-order valence-corrected chi connectivity index (χ2v) is 4.89. The van der Waals surface area contributed by atoms with E-state index in [1.165, 1.54) is 0 Å². The molecule has 0 aliphatic heterocycles. The molecule has 2 rings (SSSR count). The van der Waals surface area contributed by atoms with Crippen molar-refractivity contribution in [3.05, 3.63) is 44.6 Å². The zero-order valence-electron chi connectivity index (χ0n) is 7.84. The van der Waals surface area contributed by atoms with E-state index >= 15 is 0 Å². The highest BCUT2D eigenvalue weighted by molar-refractivity contribution is 7.10. The fraction of sp³-hybridized carbons (Fsp3) is 0.0909. The molecule has 0 saturated carbocycles. The molecule has 0 aliphatic rings. The number of nitrogens with two attached hydrogens (primary N) is 1. The van der Waals surface area contributed by atoms with Gasteiger partial charge in [0.25, 0.3) is 0 Å². The standard InChI is InChI=1S/C11H9Cl2NS/c12-10-3-1-2-9(11(10)13)7-4-8(5-14)15-6-7/h1-4,6H,5,14H2. The molecule has 1 aromatic heterocycles. The smallest absolute Gasteiger partial charge is 0.0670 e. The maximum atomic E-state index is 6.12. The number of hydrogen-bond acceptors (Lipinski definition) is 2. The summed E-state index contributed by atoms with van der Waals surface area (Å²) in [5, 5.41) is 3.22. The van der Waals surface area contributed by atoms with Gasteiger partial charge in [0.2, 0.25) is 0 Å². The van der Waals surface area contributed by atoms with Crippen LogP contribution in [0.3, 0.4) is 0 Å². The van der Waals surface area contributed by atoms with Gasteiger partial charge in [0.15, 0.2) is 0 Å². The summed E-state index contributed by atoms with van der Waals surface area (Å²) in [6, 6.07) is 7.67. The molecule has 0 aliphatic carbocycles. The van der Waals surface area contributed by atoms with E-state index in [9.17, 15) is 0 Å². The van der Waals surface area contributed by atoms with Gasteiger partial charge in [-0.25, -0.2) is 0 Å². The van der Waals surface area contributed by atoms with E-state index in [2.05, 4.69) is 0 Å². The van der Waals surface area contributed by atoms with Crippen LogP contribution in [-0.2, 0) is 6.54 Å². The first-order valence-corrected chi connectivity index (χ1v) is 6.08. The lowest BCUT2D eigenvalue weighted by molar-refractivity contribution is 1.11. The van der Waals surface area contributed by atoms with Gasteiger partial charge >= 0.3 is 0 Å². The van der Waals surface area contributed by atoms with Crippen LogP contribution in [-0.4, -0.2) is 0 Å². The van der Waals surface area contributed by atoms with Gasteiger partial charge < -0.3 is 5.73 Å². The molecule has 2 N–H and O–H groups in total. The summed E-state index contributed by atoms with van der Waals surface area (Å²) < 4.78 is 0. The Balaban J connectivity index is 2.49. The molecule has 0 bridgehead atoms. The maximum Gasteiger partial charge on any atom is 0.0670 e. The van der Waals surface area contributed by atoms with E-state index in [4.69, 9.17) is 28.9 Å². The van der Waals surface area contributed by atoms with Crippen molar-refractivity contribution in [1.29, 1.82) is 0 Å². The Labute approximate surface area is 102 Å². The molecule has 0 spiro atoms. The Morgan fingerprint density at radius 1 is 1.27 bits per heavy atom. The summed E-state index contributed by atoms with van der Waals surface area (Å²) in [4.78, 5) is 1.14. The maximum absolute atomic E-state index is 6.12. The molecule has 1 nitrogen and oxygen atoms in total. The Kier molecular flexibility index (Phi) is 3.32. The zero-order valence-corrected chi connectivity index (χ0v) is 10.2. The topological polar surface area (TPSA) is 26.0 Å². The summed E-state index contributed by atoms with van der Waals surface area (Å²) in [6.45, 7) is 0.558. The molecule has 0 amide bonds. The predicted octanol–water partition coefficient (Wildman–Crippen LogP) is 4.18. The SMILES string of the molecule is NCc1cc(-c2cccc(Cl)c2Cl)cs1. The summed E-state index contributed by atoms with van der Waals surface area (Å²) in [7, 11) is 0. The average molecular weight is 258 g/mol. The van der Waals surface area contributed by atoms with Crippen molar-refractivity contribution in [1.82, 2.24) is 0 Å². The Hall–Kier alpha value is -0.540. The fourth-order valence-corrected chi connectivity index (χ4v) is 2.53. The Morgan fingerprint density at radius 3 is 2.73 bits per heavy atom. The van der Waals surface area contributed by atoms with Crippen molar-refractivity contribution in [3.8, 4) is 11.1 Å². The van der Waals surface area contributed by atoms with Crippen LogP contribution in [0.4, 0.5) is 0 Å². The van der Waals surface area contributed by atoms with Gasteiger partial charge in [-0.05, 0) is 23.1 Å². The molecule has 1 heterocycles. The lowest BCUT2D eigenvalue weighted by Gasteiger charge is -2.02. The summed E-state index contributed by atoms with van der Waals surface area (Å²) in [5.74, 6) is 0. The van der Waals surface area contributed by atoms with Gasteiger partial charge in [0.05, 0.1) is 10.0 Å². The van der Waals surface area contributed by atoms with E-state index in [1.807, 2.05) is 23.6 Å². The molecular weight excluding hydrogens is 249 g/mol. The van der Waals surface area contributed by atoms with Crippen molar-refractivity contribution in [3.63, 3.8) is 0 Å². The summed E-state index contributed by atoms with van der Waals surface area (Å²) >= 11 is 13.7. The average Bonchev–Trinajstić information content (AvgIpc) is 2.70. The molecule has 4 heteroatoms. The molecular formula is C11H9Cl2NS. The molecule has 0 atom stereocenters. The normalized spacial score (nSPS) is 10.6. The molecule has 2 aromatic rings. The molecule has 0 fully saturated rings. The molecule has 0 saturated heterocycles. The van der Waals surface area contributed by atoms with E-state index < -0.39 is 0 Å². The quantitative estimate of drug-likeness (QED) is 0.859. The van der Waals surface area contributed by atoms with E-state index in [0.29, 0.717) is 16.6 Å². The molecule has 78 valence electrons. The number of rotatable bonds is 2. The number of halogens is 2. The van der Waals surface area contributed by atoms with Crippen LogP contribution in [0.5, 0.6) is 0 Å². The molecule has 0 radical (unpaired) electrons. The first-order chi connectivity index (χ1) is 7.22. The van der Waals surface area contributed by atoms with Gasteiger partial charge in [-0.1, -0.05) is 35.3 Å². The van der Waals surface area contributed by atoms with Crippen LogP contribution in [0.2, 0.25) is 10.0 Å².